The van der Waals surface area contributed by atoms with Gasteiger partial charge in [0.05, 0.1) is 9.88 Å². The second-order valence-corrected chi connectivity index (χ2v) is 10.9. The highest BCUT2D eigenvalue weighted by atomic mass is 32.1. The normalized spacial score (nSPS) is 19.0. The van der Waals surface area contributed by atoms with Gasteiger partial charge in [-0.05, 0) is 65.4 Å². The molecule has 1 aromatic heterocycles. The first-order valence-electron chi connectivity index (χ1n) is 11.6. The predicted octanol–water partition coefficient (Wildman–Crippen LogP) is 5.52. The monoisotopic (exact) mass is 455 g/mol. The average molecular weight is 456 g/mol. The van der Waals surface area contributed by atoms with Gasteiger partial charge in [0.2, 0.25) is 0 Å². The summed E-state index contributed by atoms with van der Waals surface area (Å²) >= 11 is 1.66. The Labute approximate surface area is 194 Å². The van der Waals surface area contributed by atoms with Gasteiger partial charge in [0.15, 0.2) is 0 Å². The van der Waals surface area contributed by atoms with E-state index < -0.39 is 11.7 Å². The van der Waals surface area contributed by atoms with Crippen LogP contribution < -0.4 is 5.32 Å². The molecule has 2 aromatic rings. The molecular formula is C25H33N3O3S. The molecule has 0 bridgehead atoms. The third kappa shape index (κ3) is 5.49. The topological polar surface area (TPSA) is 71.5 Å². The van der Waals surface area contributed by atoms with Crippen LogP contribution >= 0.6 is 11.3 Å². The highest BCUT2D eigenvalue weighted by Crippen LogP contribution is 2.45. The molecule has 1 atom stereocenters. The zero-order valence-corrected chi connectivity index (χ0v) is 20.3. The standard InChI is InChI=1S/C25H33N3O3S/c1-16-8-10-17(11-9-16)21-20(27-22(32-21)18-12-13-18)23(29)28-14-6-5-7-19(28)15-26-24(30)31-25(2,3)4/h8-11,18-19H,5-7,12-15H2,1-4H3,(H,26,30). The number of nitrogens with zero attached hydrogens (tertiary/aromatic N) is 2. The quantitative estimate of drug-likeness (QED) is 0.645. The summed E-state index contributed by atoms with van der Waals surface area (Å²) in [6.07, 6.45) is 4.73. The Morgan fingerprint density at radius 2 is 1.88 bits per heavy atom. The molecule has 1 saturated carbocycles. The minimum atomic E-state index is -0.547. The van der Waals surface area contributed by atoms with Crippen LogP contribution in [-0.2, 0) is 4.74 Å². The lowest BCUT2D eigenvalue weighted by molar-refractivity contribution is 0.0461. The molecule has 2 aliphatic rings. The molecule has 0 spiro atoms. The molecule has 2 amide bonds. The summed E-state index contributed by atoms with van der Waals surface area (Å²) in [6.45, 7) is 8.66. The molecule has 172 valence electrons. The van der Waals surface area contributed by atoms with Gasteiger partial charge in [-0.2, -0.15) is 0 Å². The number of likely N-dealkylation sites (tertiary alicyclic amines) is 1. The van der Waals surface area contributed by atoms with Crippen LogP contribution in [0.5, 0.6) is 0 Å². The van der Waals surface area contributed by atoms with Crippen molar-refractivity contribution in [1.82, 2.24) is 15.2 Å². The summed E-state index contributed by atoms with van der Waals surface area (Å²) in [5.41, 5.74) is 2.25. The number of amides is 2. The molecule has 2 fully saturated rings. The fraction of sp³-hybridized carbons (Fsp3) is 0.560. The zero-order valence-electron chi connectivity index (χ0n) is 19.4. The lowest BCUT2D eigenvalue weighted by Gasteiger charge is -2.35. The number of carbonyl (C=O) groups is 2. The Balaban J connectivity index is 1.55. The number of thiazole rings is 1. The van der Waals surface area contributed by atoms with Crippen LogP contribution in [-0.4, -0.2) is 46.6 Å². The second-order valence-electron chi connectivity index (χ2n) is 9.90. The minimum Gasteiger partial charge on any atom is -0.444 e. The van der Waals surface area contributed by atoms with E-state index in [9.17, 15) is 9.59 Å². The fourth-order valence-electron chi connectivity index (χ4n) is 4.02. The van der Waals surface area contributed by atoms with Crippen molar-refractivity contribution in [3.63, 3.8) is 0 Å². The first kappa shape index (κ1) is 22.8. The maximum absolute atomic E-state index is 13.7. The second kappa shape index (κ2) is 9.22. The molecule has 1 aliphatic carbocycles. The van der Waals surface area contributed by atoms with Crippen LogP contribution in [0.4, 0.5) is 4.79 Å². The van der Waals surface area contributed by atoms with E-state index in [0.717, 1.165) is 47.6 Å². The molecule has 1 saturated heterocycles. The molecule has 6 nitrogen and oxygen atoms in total. The Bertz CT molecular complexity index is 973. The van der Waals surface area contributed by atoms with Gasteiger partial charge in [-0.15, -0.1) is 11.3 Å². The Morgan fingerprint density at radius 3 is 2.53 bits per heavy atom. The zero-order chi connectivity index (χ0) is 22.9. The third-order valence-electron chi connectivity index (χ3n) is 5.86. The van der Waals surface area contributed by atoms with Gasteiger partial charge in [0.25, 0.3) is 5.91 Å². The maximum Gasteiger partial charge on any atom is 0.407 e. The summed E-state index contributed by atoms with van der Waals surface area (Å²) < 4.78 is 5.37. The van der Waals surface area contributed by atoms with Gasteiger partial charge in [-0.1, -0.05) is 29.8 Å². The van der Waals surface area contributed by atoms with Gasteiger partial charge in [-0.3, -0.25) is 4.79 Å². The first-order chi connectivity index (χ1) is 15.2. The average Bonchev–Trinajstić information content (AvgIpc) is 3.50. The SMILES string of the molecule is Cc1ccc(-c2sc(C3CC3)nc2C(=O)N2CCCCC2CNC(=O)OC(C)(C)C)cc1. The van der Waals surface area contributed by atoms with Gasteiger partial charge in [0.1, 0.15) is 11.3 Å². The van der Waals surface area contributed by atoms with Crippen molar-refractivity contribution in [1.29, 1.82) is 0 Å². The number of hydrogen-bond acceptors (Lipinski definition) is 5. The Kier molecular flexibility index (Phi) is 6.56. The third-order valence-corrected chi connectivity index (χ3v) is 7.12. The van der Waals surface area contributed by atoms with E-state index >= 15 is 0 Å². The van der Waals surface area contributed by atoms with E-state index in [4.69, 9.17) is 9.72 Å². The van der Waals surface area contributed by atoms with E-state index in [2.05, 4.69) is 36.5 Å². The number of piperidine rings is 1. The lowest BCUT2D eigenvalue weighted by atomic mass is 10.0. The molecule has 1 aromatic carbocycles. The number of aromatic nitrogens is 1. The fourth-order valence-corrected chi connectivity index (χ4v) is 5.25. The largest absolute Gasteiger partial charge is 0.444 e. The number of rotatable bonds is 5. The van der Waals surface area contributed by atoms with Crippen molar-refractivity contribution >= 4 is 23.3 Å². The van der Waals surface area contributed by atoms with E-state index in [1.54, 1.807) is 11.3 Å². The summed E-state index contributed by atoms with van der Waals surface area (Å²) in [5.74, 6) is 0.469. The Hall–Kier alpha value is -2.41. The van der Waals surface area contributed by atoms with E-state index in [-0.39, 0.29) is 11.9 Å². The van der Waals surface area contributed by atoms with Crippen molar-refractivity contribution in [3.8, 4) is 10.4 Å². The van der Waals surface area contributed by atoms with Crippen LogP contribution in [0.15, 0.2) is 24.3 Å². The molecule has 4 rings (SSSR count). The van der Waals surface area contributed by atoms with Crippen molar-refractivity contribution < 1.29 is 14.3 Å². The van der Waals surface area contributed by atoms with Gasteiger partial charge < -0.3 is 15.0 Å². The number of hydrogen-bond donors (Lipinski definition) is 1. The van der Waals surface area contributed by atoms with Crippen LogP contribution in [0.25, 0.3) is 10.4 Å². The summed E-state index contributed by atoms with van der Waals surface area (Å²) in [6, 6.07) is 8.26. The van der Waals surface area contributed by atoms with Crippen LogP contribution in [0.1, 0.15) is 79.9 Å². The van der Waals surface area contributed by atoms with E-state index in [0.29, 0.717) is 24.7 Å². The highest BCUT2D eigenvalue weighted by molar-refractivity contribution is 7.15. The van der Waals surface area contributed by atoms with Crippen LogP contribution in [0.2, 0.25) is 0 Å². The van der Waals surface area contributed by atoms with Crippen molar-refractivity contribution in [2.75, 3.05) is 13.1 Å². The van der Waals surface area contributed by atoms with E-state index in [1.165, 1.54) is 5.56 Å². The van der Waals surface area contributed by atoms with Crippen LogP contribution in [0.3, 0.4) is 0 Å². The number of nitrogens with one attached hydrogen (secondary N) is 1. The lowest BCUT2D eigenvalue weighted by Crippen LogP contribution is -2.50. The molecule has 1 aliphatic heterocycles. The molecule has 0 radical (unpaired) electrons. The number of carbonyl (C=O) groups excluding carboxylic acids is 2. The number of ether oxygens (including phenoxy) is 1. The van der Waals surface area contributed by atoms with Crippen molar-refractivity contribution in [2.24, 2.45) is 0 Å². The maximum atomic E-state index is 13.7. The summed E-state index contributed by atoms with van der Waals surface area (Å²) in [4.78, 5) is 33.6. The molecule has 7 heteroatoms. The number of benzene rings is 1. The molecule has 32 heavy (non-hydrogen) atoms. The van der Waals surface area contributed by atoms with Crippen LogP contribution in [0, 0.1) is 6.92 Å². The predicted molar refractivity (Wildman–Crippen MR) is 127 cm³/mol. The van der Waals surface area contributed by atoms with Gasteiger partial charge in [0, 0.05) is 25.0 Å². The minimum absolute atomic E-state index is 0.0283. The molecule has 2 heterocycles. The summed E-state index contributed by atoms with van der Waals surface area (Å²) in [7, 11) is 0. The van der Waals surface area contributed by atoms with Crippen molar-refractivity contribution in [2.45, 2.75) is 77.4 Å². The van der Waals surface area contributed by atoms with Gasteiger partial charge in [-0.25, -0.2) is 9.78 Å². The highest BCUT2D eigenvalue weighted by Gasteiger charge is 2.34. The number of alkyl carbamates (subject to hydrolysis) is 1. The first-order valence-corrected chi connectivity index (χ1v) is 12.4. The Morgan fingerprint density at radius 1 is 1.16 bits per heavy atom. The smallest absolute Gasteiger partial charge is 0.407 e. The van der Waals surface area contributed by atoms with Crippen molar-refractivity contribution in [3.05, 3.63) is 40.5 Å². The van der Waals surface area contributed by atoms with E-state index in [1.807, 2.05) is 25.7 Å². The number of aryl methyl sites for hydroxylation is 1. The summed E-state index contributed by atoms with van der Waals surface area (Å²) in [5, 5.41) is 3.93. The molecular weight excluding hydrogens is 422 g/mol. The molecule has 1 unspecified atom stereocenters. The molecule has 1 N–H and O–H groups in total. The van der Waals surface area contributed by atoms with Gasteiger partial charge >= 0.3 is 6.09 Å².